The van der Waals surface area contributed by atoms with Crippen LogP contribution in [-0.4, -0.2) is 16.2 Å². The first kappa shape index (κ1) is 9.86. The van der Waals surface area contributed by atoms with Crippen LogP contribution in [-0.2, 0) is 11.2 Å². The Morgan fingerprint density at radius 1 is 1.38 bits per heavy atom. The third-order valence-electron chi connectivity index (χ3n) is 1.57. The number of carbonyl (C=O) groups is 1. The van der Waals surface area contributed by atoms with Crippen molar-refractivity contribution < 1.29 is 15.0 Å². The van der Waals surface area contributed by atoms with Gasteiger partial charge >= 0.3 is 5.97 Å². The molecule has 0 fully saturated rings. The lowest BCUT2D eigenvalue weighted by Gasteiger charge is -2.00. The second kappa shape index (κ2) is 4.14. The molecule has 0 heterocycles. The van der Waals surface area contributed by atoms with Crippen molar-refractivity contribution in [2.75, 3.05) is 0 Å². The van der Waals surface area contributed by atoms with Crippen LogP contribution in [0.15, 0.2) is 18.2 Å². The van der Waals surface area contributed by atoms with Crippen molar-refractivity contribution >= 4 is 17.6 Å². The van der Waals surface area contributed by atoms with Crippen molar-refractivity contribution in [3.63, 3.8) is 0 Å². The highest BCUT2D eigenvalue weighted by Crippen LogP contribution is 2.20. The van der Waals surface area contributed by atoms with E-state index in [1.165, 1.54) is 12.1 Å². The van der Waals surface area contributed by atoms with Gasteiger partial charge in [-0.3, -0.25) is 4.79 Å². The van der Waals surface area contributed by atoms with Crippen LogP contribution < -0.4 is 0 Å². The van der Waals surface area contributed by atoms with Gasteiger partial charge in [-0.05, 0) is 30.2 Å². The predicted octanol–water partition coefficient (Wildman–Crippen LogP) is 2.06. The molecule has 70 valence electrons. The minimum absolute atomic E-state index is 0.0415. The van der Waals surface area contributed by atoms with Gasteiger partial charge in [0.25, 0.3) is 0 Å². The van der Waals surface area contributed by atoms with E-state index >= 15 is 0 Å². The monoisotopic (exact) mass is 200 g/mol. The van der Waals surface area contributed by atoms with Crippen LogP contribution in [0.2, 0.25) is 5.02 Å². The van der Waals surface area contributed by atoms with E-state index in [1.807, 2.05) is 0 Å². The maximum atomic E-state index is 10.2. The van der Waals surface area contributed by atoms with Gasteiger partial charge in [-0.15, -0.1) is 0 Å². The van der Waals surface area contributed by atoms with Gasteiger partial charge in [0.1, 0.15) is 5.75 Å². The maximum absolute atomic E-state index is 10.2. The summed E-state index contributed by atoms with van der Waals surface area (Å²) in [5.41, 5.74) is 0.729. The summed E-state index contributed by atoms with van der Waals surface area (Å²) in [7, 11) is 0. The Kier molecular flexibility index (Phi) is 3.14. The van der Waals surface area contributed by atoms with E-state index in [2.05, 4.69) is 0 Å². The number of halogens is 1. The summed E-state index contributed by atoms with van der Waals surface area (Å²) in [5.74, 6) is -0.799. The van der Waals surface area contributed by atoms with Gasteiger partial charge < -0.3 is 10.2 Å². The van der Waals surface area contributed by atoms with Gasteiger partial charge in [0, 0.05) is 11.4 Å². The fourth-order valence-electron chi connectivity index (χ4n) is 1.03. The average Bonchev–Trinajstić information content (AvgIpc) is 1.99. The number of hydrogen-bond acceptors (Lipinski definition) is 2. The van der Waals surface area contributed by atoms with E-state index in [4.69, 9.17) is 21.8 Å². The number of phenols is 1. The molecule has 0 aliphatic rings. The SMILES string of the molecule is O=C(O)CCc1cc(O)cc(Cl)c1. The first-order valence-corrected chi connectivity index (χ1v) is 4.16. The molecule has 0 aromatic heterocycles. The first-order valence-electron chi connectivity index (χ1n) is 3.78. The second-order valence-corrected chi connectivity index (χ2v) is 3.15. The molecule has 1 aromatic rings. The third kappa shape index (κ3) is 3.34. The number of rotatable bonds is 3. The van der Waals surface area contributed by atoms with Crippen LogP contribution >= 0.6 is 11.6 Å². The zero-order valence-electron chi connectivity index (χ0n) is 6.83. The zero-order valence-corrected chi connectivity index (χ0v) is 7.58. The van der Waals surface area contributed by atoms with Gasteiger partial charge in [-0.2, -0.15) is 0 Å². The van der Waals surface area contributed by atoms with E-state index in [0.29, 0.717) is 11.4 Å². The first-order chi connectivity index (χ1) is 6.08. The molecule has 0 aliphatic carbocycles. The molecule has 0 aliphatic heterocycles. The molecule has 0 spiro atoms. The van der Waals surface area contributed by atoms with Crippen LogP contribution in [0.25, 0.3) is 0 Å². The Balaban J connectivity index is 2.71. The standard InChI is InChI=1S/C9H9ClO3/c10-7-3-6(1-2-9(12)13)4-8(11)5-7/h3-5,11H,1-2H2,(H,12,13). The van der Waals surface area contributed by atoms with Crippen LogP contribution in [0.1, 0.15) is 12.0 Å². The van der Waals surface area contributed by atoms with Gasteiger partial charge in [-0.25, -0.2) is 0 Å². The molecular weight excluding hydrogens is 192 g/mol. The van der Waals surface area contributed by atoms with Crippen LogP contribution in [0, 0.1) is 0 Å². The molecule has 2 N–H and O–H groups in total. The molecule has 0 unspecified atom stereocenters. The Bertz CT molecular complexity index is 302. The lowest BCUT2D eigenvalue weighted by Crippen LogP contribution is -1.97. The molecule has 0 saturated carbocycles. The number of aliphatic carboxylic acids is 1. The summed E-state index contributed by atoms with van der Waals surface area (Å²) >= 11 is 5.66. The van der Waals surface area contributed by atoms with Gasteiger partial charge in [0.05, 0.1) is 0 Å². The van der Waals surface area contributed by atoms with E-state index in [0.717, 1.165) is 5.56 Å². The highest BCUT2D eigenvalue weighted by Gasteiger charge is 2.01. The summed E-state index contributed by atoms with van der Waals surface area (Å²) in [5, 5.41) is 18.0. The lowest BCUT2D eigenvalue weighted by atomic mass is 10.1. The summed E-state index contributed by atoms with van der Waals surface area (Å²) in [6.07, 6.45) is 0.420. The van der Waals surface area contributed by atoms with Gasteiger partial charge in [0.2, 0.25) is 0 Å². The van der Waals surface area contributed by atoms with Crippen molar-refractivity contribution in [2.45, 2.75) is 12.8 Å². The zero-order chi connectivity index (χ0) is 9.84. The van der Waals surface area contributed by atoms with Crippen LogP contribution in [0.5, 0.6) is 5.75 Å². The maximum Gasteiger partial charge on any atom is 0.303 e. The van der Waals surface area contributed by atoms with E-state index in [9.17, 15) is 4.79 Å². The largest absolute Gasteiger partial charge is 0.508 e. The summed E-state index contributed by atoms with van der Waals surface area (Å²) in [6.45, 7) is 0. The molecule has 13 heavy (non-hydrogen) atoms. The molecule has 1 aromatic carbocycles. The van der Waals surface area contributed by atoms with Crippen molar-refractivity contribution in [2.24, 2.45) is 0 Å². The minimum Gasteiger partial charge on any atom is -0.508 e. The van der Waals surface area contributed by atoms with E-state index in [-0.39, 0.29) is 12.2 Å². The summed E-state index contributed by atoms with van der Waals surface area (Å²) < 4.78 is 0. The smallest absolute Gasteiger partial charge is 0.303 e. The number of benzene rings is 1. The molecule has 0 radical (unpaired) electrons. The van der Waals surface area contributed by atoms with E-state index < -0.39 is 5.97 Å². The molecule has 0 amide bonds. The normalized spacial score (nSPS) is 9.92. The summed E-state index contributed by atoms with van der Waals surface area (Å²) in [4.78, 5) is 10.2. The molecule has 4 heteroatoms. The average molecular weight is 201 g/mol. The van der Waals surface area contributed by atoms with Gasteiger partial charge in [0.15, 0.2) is 0 Å². The molecular formula is C9H9ClO3. The van der Waals surface area contributed by atoms with Crippen molar-refractivity contribution in [1.82, 2.24) is 0 Å². The van der Waals surface area contributed by atoms with Crippen molar-refractivity contribution in [1.29, 1.82) is 0 Å². The fraction of sp³-hybridized carbons (Fsp3) is 0.222. The molecule has 0 bridgehead atoms. The quantitative estimate of drug-likeness (QED) is 0.785. The fourth-order valence-corrected chi connectivity index (χ4v) is 1.28. The third-order valence-corrected chi connectivity index (χ3v) is 1.79. The van der Waals surface area contributed by atoms with Gasteiger partial charge in [-0.1, -0.05) is 11.6 Å². The Morgan fingerprint density at radius 3 is 2.62 bits per heavy atom. The Hall–Kier alpha value is -1.22. The number of carboxylic acid groups (broad SMARTS) is 1. The lowest BCUT2D eigenvalue weighted by molar-refractivity contribution is -0.136. The van der Waals surface area contributed by atoms with E-state index in [1.54, 1.807) is 6.07 Å². The summed E-state index contributed by atoms with van der Waals surface area (Å²) in [6, 6.07) is 4.56. The minimum atomic E-state index is -0.862. The van der Waals surface area contributed by atoms with Crippen LogP contribution in [0.4, 0.5) is 0 Å². The molecule has 0 saturated heterocycles. The topological polar surface area (TPSA) is 57.5 Å². The predicted molar refractivity (Wildman–Crippen MR) is 49.1 cm³/mol. The highest BCUT2D eigenvalue weighted by molar-refractivity contribution is 6.30. The highest BCUT2D eigenvalue weighted by atomic mass is 35.5. The molecule has 0 atom stereocenters. The van der Waals surface area contributed by atoms with Crippen molar-refractivity contribution in [3.8, 4) is 5.75 Å². The number of phenolic OH excluding ortho intramolecular Hbond substituents is 1. The number of hydrogen-bond donors (Lipinski definition) is 2. The Morgan fingerprint density at radius 2 is 2.08 bits per heavy atom. The molecule has 1 rings (SSSR count). The Labute approximate surface area is 80.6 Å². The molecule has 3 nitrogen and oxygen atoms in total. The number of carboxylic acids is 1. The van der Waals surface area contributed by atoms with Crippen molar-refractivity contribution in [3.05, 3.63) is 28.8 Å². The van der Waals surface area contributed by atoms with Crippen LogP contribution in [0.3, 0.4) is 0 Å². The number of aryl methyl sites for hydroxylation is 1. The second-order valence-electron chi connectivity index (χ2n) is 2.71. The number of aromatic hydroxyl groups is 1.